The highest BCUT2D eigenvalue weighted by atomic mass is 16.6. The Morgan fingerprint density at radius 3 is 2.78 bits per heavy atom. The first kappa shape index (κ1) is 14.4. The lowest BCUT2D eigenvalue weighted by atomic mass is 10.2. The Bertz CT molecular complexity index is 856. The van der Waals surface area contributed by atoms with Gasteiger partial charge in [-0.25, -0.2) is 10.8 Å². The van der Waals surface area contributed by atoms with E-state index in [9.17, 15) is 14.9 Å². The molecular formula is C13H10N6O4. The Morgan fingerprint density at radius 1 is 1.35 bits per heavy atom. The van der Waals surface area contributed by atoms with Gasteiger partial charge in [0.25, 0.3) is 0 Å². The Hall–Kier alpha value is -3.53. The van der Waals surface area contributed by atoms with Crippen LogP contribution in [0.2, 0.25) is 0 Å². The van der Waals surface area contributed by atoms with Gasteiger partial charge in [-0.1, -0.05) is 6.07 Å². The molecule has 3 rings (SSSR count). The molecule has 0 saturated heterocycles. The minimum absolute atomic E-state index is 0.0898. The maximum Gasteiger partial charge on any atom is 0.433 e. The Labute approximate surface area is 128 Å². The van der Waals surface area contributed by atoms with Crippen molar-refractivity contribution in [2.45, 2.75) is 0 Å². The maximum absolute atomic E-state index is 11.2. The van der Waals surface area contributed by atoms with E-state index in [-0.39, 0.29) is 17.0 Å². The summed E-state index contributed by atoms with van der Waals surface area (Å²) in [5.41, 5.74) is 0.306. The van der Waals surface area contributed by atoms with Crippen molar-refractivity contribution in [3.63, 3.8) is 0 Å². The van der Waals surface area contributed by atoms with Gasteiger partial charge in [0, 0.05) is 6.20 Å². The van der Waals surface area contributed by atoms with Crippen LogP contribution in [0, 0.1) is 10.1 Å². The zero-order valence-corrected chi connectivity index (χ0v) is 11.6. The van der Waals surface area contributed by atoms with Crippen LogP contribution >= 0.6 is 0 Å². The standard InChI is InChI=1S/C13H10N6O4/c14-18(11-3-1-2-6-15-11)17-7-9(8-20)13(16-17)10-4-5-12(23-10)19(21)22/h1-8H,14H2. The van der Waals surface area contributed by atoms with Crippen LogP contribution in [0.3, 0.4) is 0 Å². The summed E-state index contributed by atoms with van der Waals surface area (Å²) in [5, 5.41) is 15.9. The minimum atomic E-state index is -0.676. The number of nitro groups is 1. The number of nitrogens with two attached hydrogens (primary N) is 1. The second kappa shape index (κ2) is 5.69. The number of hydrogen-bond acceptors (Lipinski definition) is 8. The number of aldehydes is 1. The highest BCUT2D eigenvalue weighted by Crippen LogP contribution is 2.27. The summed E-state index contributed by atoms with van der Waals surface area (Å²) in [6, 6.07) is 7.66. The predicted octanol–water partition coefficient (Wildman–Crippen LogP) is 1.40. The van der Waals surface area contributed by atoms with Crippen molar-refractivity contribution >= 4 is 18.0 Å². The van der Waals surface area contributed by atoms with Gasteiger partial charge >= 0.3 is 5.88 Å². The maximum atomic E-state index is 11.2. The van der Waals surface area contributed by atoms with E-state index >= 15 is 0 Å². The van der Waals surface area contributed by atoms with Crippen molar-refractivity contribution in [1.82, 2.24) is 14.9 Å². The Balaban J connectivity index is 2.00. The third kappa shape index (κ3) is 2.65. The van der Waals surface area contributed by atoms with Crippen molar-refractivity contribution in [3.8, 4) is 11.5 Å². The van der Waals surface area contributed by atoms with Crippen LogP contribution in [0.15, 0.2) is 47.1 Å². The number of pyridine rings is 1. The van der Waals surface area contributed by atoms with Gasteiger partial charge in [0.05, 0.1) is 17.8 Å². The molecule has 3 aromatic heterocycles. The largest absolute Gasteiger partial charge is 0.433 e. The van der Waals surface area contributed by atoms with E-state index in [0.717, 1.165) is 5.12 Å². The molecule has 2 N–H and O–H groups in total. The summed E-state index contributed by atoms with van der Waals surface area (Å²) in [7, 11) is 0. The van der Waals surface area contributed by atoms with E-state index in [1.165, 1.54) is 23.1 Å². The van der Waals surface area contributed by atoms with E-state index in [2.05, 4.69) is 10.1 Å². The first-order valence-electron chi connectivity index (χ1n) is 6.35. The molecule has 0 atom stereocenters. The number of furan rings is 1. The molecule has 0 aromatic carbocycles. The second-order valence-electron chi connectivity index (χ2n) is 4.40. The van der Waals surface area contributed by atoms with Crippen molar-refractivity contribution in [3.05, 3.63) is 58.4 Å². The number of carbonyl (C=O) groups excluding carboxylic acids is 1. The minimum Gasteiger partial charge on any atom is -0.399 e. The highest BCUT2D eigenvalue weighted by Gasteiger charge is 2.20. The molecule has 0 spiro atoms. The lowest BCUT2D eigenvalue weighted by Gasteiger charge is -2.16. The predicted molar refractivity (Wildman–Crippen MR) is 78.3 cm³/mol. The van der Waals surface area contributed by atoms with E-state index in [4.69, 9.17) is 10.3 Å². The average Bonchev–Trinajstić information content (AvgIpc) is 3.21. The molecule has 3 heterocycles. The normalized spacial score (nSPS) is 10.5. The molecule has 0 unspecified atom stereocenters. The van der Waals surface area contributed by atoms with Crippen LogP contribution in [0.4, 0.5) is 11.7 Å². The van der Waals surface area contributed by atoms with Crippen molar-refractivity contribution in [2.24, 2.45) is 5.84 Å². The Morgan fingerprint density at radius 2 is 2.17 bits per heavy atom. The number of hydrogen-bond donors (Lipinski definition) is 1. The molecule has 0 radical (unpaired) electrons. The van der Waals surface area contributed by atoms with Gasteiger partial charge in [0.1, 0.15) is 10.6 Å². The third-order valence-corrected chi connectivity index (χ3v) is 2.97. The van der Waals surface area contributed by atoms with Crippen LogP contribution < -0.4 is 11.0 Å². The topological polar surface area (TPSA) is 133 Å². The van der Waals surface area contributed by atoms with E-state index in [1.807, 2.05) is 0 Å². The highest BCUT2D eigenvalue weighted by molar-refractivity contribution is 5.84. The lowest BCUT2D eigenvalue weighted by molar-refractivity contribution is -0.401. The number of hydrazine groups is 1. The van der Waals surface area contributed by atoms with Crippen LogP contribution in [-0.2, 0) is 0 Å². The van der Waals surface area contributed by atoms with Crippen molar-refractivity contribution in [2.75, 3.05) is 5.12 Å². The Kier molecular flexibility index (Phi) is 3.57. The molecule has 10 heteroatoms. The average molecular weight is 314 g/mol. The number of aromatic nitrogens is 3. The SMILES string of the molecule is NN(c1ccccn1)n1cc(C=O)c(-c2ccc([N+](=O)[O-])o2)n1. The van der Waals surface area contributed by atoms with Gasteiger partial charge < -0.3 is 4.42 Å². The summed E-state index contributed by atoms with van der Waals surface area (Å²) >= 11 is 0. The molecule has 0 saturated carbocycles. The second-order valence-corrected chi connectivity index (χ2v) is 4.40. The summed E-state index contributed by atoms with van der Waals surface area (Å²) < 4.78 is 5.06. The zero-order chi connectivity index (χ0) is 16.4. The fraction of sp³-hybridized carbons (Fsp3) is 0. The van der Waals surface area contributed by atoms with Crippen molar-refractivity contribution in [1.29, 1.82) is 0 Å². The van der Waals surface area contributed by atoms with Crippen LogP contribution in [-0.4, -0.2) is 26.1 Å². The first-order valence-corrected chi connectivity index (χ1v) is 6.35. The molecular weight excluding hydrogens is 304 g/mol. The first-order chi connectivity index (χ1) is 11.1. The number of anilines is 1. The monoisotopic (exact) mass is 314 g/mol. The van der Waals surface area contributed by atoms with E-state index < -0.39 is 10.8 Å². The van der Waals surface area contributed by atoms with Gasteiger partial charge in [-0.05, 0) is 18.2 Å². The van der Waals surface area contributed by atoms with Gasteiger partial charge in [-0.3, -0.25) is 14.9 Å². The summed E-state index contributed by atoms with van der Waals surface area (Å²) in [6.45, 7) is 0. The zero-order valence-electron chi connectivity index (χ0n) is 11.6. The quantitative estimate of drug-likeness (QED) is 0.323. The summed E-state index contributed by atoms with van der Waals surface area (Å²) in [5.74, 6) is 5.94. The molecule has 0 aliphatic carbocycles. The molecule has 0 fully saturated rings. The molecule has 10 nitrogen and oxygen atoms in total. The van der Waals surface area contributed by atoms with Gasteiger partial charge in [-0.2, -0.15) is 9.91 Å². The fourth-order valence-electron chi connectivity index (χ4n) is 1.91. The molecule has 0 aliphatic rings. The van der Waals surface area contributed by atoms with E-state index in [1.54, 1.807) is 24.4 Å². The molecule has 0 bridgehead atoms. The lowest BCUT2D eigenvalue weighted by Crippen LogP contribution is -2.37. The van der Waals surface area contributed by atoms with Crippen LogP contribution in [0.25, 0.3) is 11.5 Å². The molecule has 3 aromatic rings. The van der Waals surface area contributed by atoms with E-state index in [0.29, 0.717) is 12.1 Å². The number of rotatable bonds is 5. The fourth-order valence-corrected chi connectivity index (χ4v) is 1.91. The summed E-state index contributed by atoms with van der Waals surface area (Å²) in [4.78, 5) is 26.5. The molecule has 0 amide bonds. The molecule has 23 heavy (non-hydrogen) atoms. The smallest absolute Gasteiger partial charge is 0.399 e. The van der Waals surface area contributed by atoms with Crippen LogP contribution in [0.5, 0.6) is 0 Å². The number of carbonyl (C=O) groups is 1. The summed E-state index contributed by atoms with van der Waals surface area (Å²) in [6.07, 6.45) is 3.47. The van der Waals surface area contributed by atoms with Crippen LogP contribution in [0.1, 0.15) is 10.4 Å². The molecule has 0 aliphatic heterocycles. The van der Waals surface area contributed by atoms with Gasteiger partial charge in [0.15, 0.2) is 17.9 Å². The molecule has 116 valence electrons. The van der Waals surface area contributed by atoms with Gasteiger partial charge in [-0.15, -0.1) is 5.10 Å². The van der Waals surface area contributed by atoms with Gasteiger partial charge in [0.2, 0.25) is 0 Å². The number of nitrogens with zero attached hydrogens (tertiary/aromatic N) is 5. The third-order valence-electron chi connectivity index (χ3n) is 2.97. The van der Waals surface area contributed by atoms with Crippen molar-refractivity contribution < 1.29 is 14.1 Å².